The van der Waals surface area contributed by atoms with Crippen LogP contribution in [0, 0.1) is 13.8 Å². The second-order valence-corrected chi connectivity index (χ2v) is 7.80. The fourth-order valence-corrected chi connectivity index (χ4v) is 3.64. The predicted octanol–water partition coefficient (Wildman–Crippen LogP) is 2.52. The van der Waals surface area contributed by atoms with E-state index in [9.17, 15) is 9.59 Å². The Morgan fingerprint density at radius 1 is 1.17 bits per heavy atom. The summed E-state index contributed by atoms with van der Waals surface area (Å²) in [6, 6.07) is 0. The SMILES string of the molecule is CCc1nc(C)c2c(C)c(C(=O)NCC(=O)NC(C)(C)C)sc2n1. The first-order valence-corrected chi connectivity index (χ1v) is 8.80. The Morgan fingerprint density at radius 3 is 2.42 bits per heavy atom. The zero-order chi connectivity index (χ0) is 18.1. The molecule has 24 heavy (non-hydrogen) atoms. The molecule has 0 aliphatic carbocycles. The molecule has 2 rings (SSSR count). The molecule has 2 aromatic rings. The number of carbonyl (C=O) groups is 2. The number of amides is 2. The van der Waals surface area contributed by atoms with E-state index < -0.39 is 0 Å². The van der Waals surface area contributed by atoms with Crippen LogP contribution in [-0.4, -0.2) is 33.9 Å². The van der Waals surface area contributed by atoms with E-state index in [2.05, 4.69) is 20.6 Å². The average Bonchev–Trinajstić information content (AvgIpc) is 2.80. The van der Waals surface area contributed by atoms with Crippen molar-refractivity contribution in [3.63, 3.8) is 0 Å². The smallest absolute Gasteiger partial charge is 0.262 e. The van der Waals surface area contributed by atoms with E-state index in [1.165, 1.54) is 11.3 Å². The summed E-state index contributed by atoms with van der Waals surface area (Å²) < 4.78 is 0. The number of hydrogen-bond donors (Lipinski definition) is 2. The first kappa shape index (κ1) is 18.3. The normalized spacial score (nSPS) is 11.6. The van der Waals surface area contributed by atoms with Crippen molar-refractivity contribution in [1.82, 2.24) is 20.6 Å². The van der Waals surface area contributed by atoms with E-state index in [1.807, 2.05) is 41.5 Å². The van der Waals surface area contributed by atoms with Crippen LogP contribution in [0.4, 0.5) is 0 Å². The molecule has 7 heteroatoms. The third-order valence-electron chi connectivity index (χ3n) is 3.46. The Labute approximate surface area is 146 Å². The molecule has 0 aromatic carbocycles. The highest BCUT2D eigenvalue weighted by atomic mass is 32.1. The van der Waals surface area contributed by atoms with Gasteiger partial charge in [-0.1, -0.05) is 6.92 Å². The van der Waals surface area contributed by atoms with E-state index in [0.29, 0.717) is 4.88 Å². The van der Waals surface area contributed by atoms with Gasteiger partial charge in [0, 0.05) is 23.0 Å². The van der Waals surface area contributed by atoms with Crippen LogP contribution in [0.3, 0.4) is 0 Å². The molecule has 0 aliphatic heterocycles. The Balaban J connectivity index is 2.20. The van der Waals surface area contributed by atoms with Gasteiger partial charge >= 0.3 is 0 Å². The number of fused-ring (bicyclic) bond motifs is 1. The standard InChI is InChI=1S/C17H24N4O2S/c1-7-11-19-10(3)13-9(2)14(24-16(13)20-11)15(23)18-8-12(22)21-17(4,5)6/h7-8H2,1-6H3,(H,18,23)(H,21,22). The molecular weight excluding hydrogens is 324 g/mol. The monoisotopic (exact) mass is 348 g/mol. The van der Waals surface area contributed by atoms with E-state index >= 15 is 0 Å². The minimum absolute atomic E-state index is 0.0470. The van der Waals surface area contributed by atoms with Gasteiger partial charge in [-0.25, -0.2) is 9.97 Å². The molecule has 0 bridgehead atoms. The van der Waals surface area contributed by atoms with Crippen molar-refractivity contribution in [2.45, 2.75) is 53.5 Å². The summed E-state index contributed by atoms with van der Waals surface area (Å²) in [5.74, 6) is 0.314. The quantitative estimate of drug-likeness (QED) is 0.889. The first-order chi connectivity index (χ1) is 11.1. The highest BCUT2D eigenvalue weighted by Gasteiger charge is 2.20. The van der Waals surface area contributed by atoms with Gasteiger partial charge in [0.2, 0.25) is 5.91 Å². The summed E-state index contributed by atoms with van der Waals surface area (Å²) in [7, 11) is 0. The molecular formula is C17H24N4O2S. The van der Waals surface area contributed by atoms with Crippen LogP contribution in [0.25, 0.3) is 10.2 Å². The number of nitrogens with one attached hydrogen (secondary N) is 2. The van der Waals surface area contributed by atoms with Crippen LogP contribution in [-0.2, 0) is 11.2 Å². The zero-order valence-corrected chi connectivity index (χ0v) is 15.8. The molecule has 0 saturated heterocycles. The van der Waals surface area contributed by atoms with Crippen LogP contribution >= 0.6 is 11.3 Å². The number of thiophene rings is 1. The van der Waals surface area contributed by atoms with E-state index in [1.54, 1.807) is 0 Å². The fourth-order valence-electron chi connectivity index (χ4n) is 2.47. The van der Waals surface area contributed by atoms with Crippen LogP contribution < -0.4 is 10.6 Å². The van der Waals surface area contributed by atoms with Gasteiger partial charge in [0.25, 0.3) is 5.91 Å². The van der Waals surface area contributed by atoms with Crippen molar-refractivity contribution in [2.75, 3.05) is 6.54 Å². The van der Waals surface area contributed by atoms with Crippen molar-refractivity contribution < 1.29 is 9.59 Å². The number of hydrogen-bond acceptors (Lipinski definition) is 5. The molecule has 130 valence electrons. The lowest BCUT2D eigenvalue weighted by Crippen LogP contribution is -2.45. The molecule has 0 unspecified atom stereocenters. The van der Waals surface area contributed by atoms with E-state index in [-0.39, 0.29) is 23.9 Å². The Hall–Kier alpha value is -2.02. The average molecular weight is 348 g/mol. The van der Waals surface area contributed by atoms with Crippen molar-refractivity contribution in [3.05, 3.63) is 22.0 Å². The lowest BCUT2D eigenvalue weighted by atomic mass is 10.1. The molecule has 0 aliphatic rings. The molecule has 0 atom stereocenters. The van der Waals surface area contributed by atoms with Gasteiger partial charge in [-0.2, -0.15) is 0 Å². The highest BCUT2D eigenvalue weighted by Crippen LogP contribution is 2.31. The maximum absolute atomic E-state index is 12.4. The van der Waals surface area contributed by atoms with Gasteiger partial charge in [-0.05, 0) is 40.2 Å². The number of carbonyl (C=O) groups excluding carboxylic acids is 2. The van der Waals surface area contributed by atoms with Crippen LogP contribution in [0.5, 0.6) is 0 Å². The van der Waals surface area contributed by atoms with Gasteiger partial charge in [-0.3, -0.25) is 9.59 Å². The minimum atomic E-state index is -0.321. The number of nitrogens with zero attached hydrogens (tertiary/aromatic N) is 2. The van der Waals surface area contributed by atoms with Crippen molar-refractivity contribution in [3.8, 4) is 0 Å². The molecule has 2 N–H and O–H groups in total. The summed E-state index contributed by atoms with van der Waals surface area (Å²) in [6.45, 7) is 11.5. The first-order valence-electron chi connectivity index (χ1n) is 7.98. The van der Waals surface area contributed by atoms with Gasteiger partial charge in [0.15, 0.2) is 0 Å². The maximum atomic E-state index is 12.4. The van der Waals surface area contributed by atoms with E-state index in [4.69, 9.17) is 0 Å². The Kier molecular flexibility index (Phi) is 5.22. The molecule has 2 amide bonds. The predicted molar refractivity (Wildman–Crippen MR) is 96.5 cm³/mol. The van der Waals surface area contributed by atoms with Crippen molar-refractivity contribution >= 4 is 33.4 Å². The summed E-state index contributed by atoms with van der Waals surface area (Å²) in [6.07, 6.45) is 0.752. The lowest BCUT2D eigenvalue weighted by Gasteiger charge is -2.20. The van der Waals surface area contributed by atoms with Crippen molar-refractivity contribution in [1.29, 1.82) is 0 Å². The third-order valence-corrected chi connectivity index (χ3v) is 4.65. The summed E-state index contributed by atoms with van der Waals surface area (Å²) >= 11 is 1.35. The van der Waals surface area contributed by atoms with Crippen LogP contribution in [0.15, 0.2) is 0 Å². The van der Waals surface area contributed by atoms with Crippen LogP contribution in [0.1, 0.15) is 54.4 Å². The topological polar surface area (TPSA) is 84.0 Å². The summed E-state index contributed by atoms with van der Waals surface area (Å²) in [4.78, 5) is 34.7. The number of rotatable bonds is 4. The molecule has 2 heterocycles. The van der Waals surface area contributed by atoms with Gasteiger partial charge in [0.1, 0.15) is 10.7 Å². The minimum Gasteiger partial charge on any atom is -0.350 e. The van der Waals surface area contributed by atoms with Gasteiger partial charge < -0.3 is 10.6 Å². The van der Waals surface area contributed by atoms with Gasteiger partial charge in [0.05, 0.1) is 11.4 Å². The largest absolute Gasteiger partial charge is 0.350 e. The zero-order valence-electron chi connectivity index (χ0n) is 15.0. The Bertz CT molecular complexity index is 790. The van der Waals surface area contributed by atoms with E-state index in [0.717, 1.165) is 33.7 Å². The molecule has 2 aromatic heterocycles. The maximum Gasteiger partial charge on any atom is 0.262 e. The fraction of sp³-hybridized carbons (Fsp3) is 0.529. The highest BCUT2D eigenvalue weighted by molar-refractivity contribution is 7.20. The Morgan fingerprint density at radius 2 is 1.83 bits per heavy atom. The second kappa shape index (κ2) is 6.84. The number of aromatic nitrogens is 2. The third kappa shape index (κ3) is 4.08. The molecule has 6 nitrogen and oxygen atoms in total. The van der Waals surface area contributed by atoms with Crippen molar-refractivity contribution in [2.24, 2.45) is 0 Å². The summed E-state index contributed by atoms with van der Waals surface area (Å²) in [5.41, 5.74) is 1.43. The molecule has 0 fully saturated rings. The molecule has 0 saturated carbocycles. The lowest BCUT2D eigenvalue weighted by molar-refractivity contribution is -0.121. The molecule has 0 spiro atoms. The summed E-state index contributed by atoms with van der Waals surface area (Å²) in [5, 5.41) is 6.43. The molecule has 0 radical (unpaired) electrons. The van der Waals surface area contributed by atoms with Gasteiger partial charge in [-0.15, -0.1) is 11.3 Å². The van der Waals surface area contributed by atoms with Crippen LogP contribution in [0.2, 0.25) is 0 Å². The second-order valence-electron chi connectivity index (χ2n) is 6.80. The number of aryl methyl sites for hydroxylation is 3.